The van der Waals surface area contributed by atoms with Gasteiger partial charge < -0.3 is 9.88 Å². The van der Waals surface area contributed by atoms with Gasteiger partial charge in [-0.15, -0.1) is 0 Å². The van der Waals surface area contributed by atoms with Crippen LogP contribution in [0, 0.1) is 5.92 Å². The summed E-state index contributed by atoms with van der Waals surface area (Å²) in [5.41, 5.74) is 0.793. The molecule has 4 rings (SSSR count). The maximum atomic E-state index is 14.1. The standard InChI is InChI=1S/C32H44ClN5O8P2/c1-31(2,3)45-48(40,46-32(4,5)6)44-22-26(18-38-23-35-27-28(34-7)36-30(33)37-29(27)38)21-43-47(39,41-19-24-14-10-8-11-15-24)42-20-25-16-12-9-13-17-25/h8-17,23,26H,18-22H2,1-7H3,(H,34,36,37). The van der Waals surface area contributed by atoms with Gasteiger partial charge in [0.25, 0.3) is 0 Å². The number of imidazole rings is 1. The summed E-state index contributed by atoms with van der Waals surface area (Å²) in [6, 6.07) is 18.5. The van der Waals surface area contributed by atoms with Crippen LogP contribution in [0.25, 0.3) is 11.2 Å². The fourth-order valence-corrected chi connectivity index (χ4v) is 7.63. The Kier molecular flexibility index (Phi) is 13.0. The fraction of sp³-hybridized carbons (Fsp3) is 0.469. The largest absolute Gasteiger partial charge is 0.475 e. The van der Waals surface area contributed by atoms with Crippen molar-refractivity contribution < 1.29 is 36.3 Å². The van der Waals surface area contributed by atoms with Gasteiger partial charge in [-0.1, -0.05) is 60.7 Å². The van der Waals surface area contributed by atoms with Gasteiger partial charge in [-0.2, -0.15) is 9.97 Å². The molecule has 2 aromatic heterocycles. The average Bonchev–Trinajstić information content (AvgIpc) is 3.41. The molecule has 0 saturated heterocycles. The maximum Gasteiger partial charge on any atom is 0.475 e. The number of nitrogens with one attached hydrogen (secondary N) is 1. The molecule has 16 heteroatoms. The first-order valence-corrected chi connectivity index (χ1v) is 18.7. The Morgan fingerprint density at radius 1 is 0.771 bits per heavy atom. The third-order valence-corrected chi connectivity index (χ3v) is 9.83. The lowest BCUT2D eigenvalue weighted by atomic mass is 10.2. The summed E-state index contributed by atoms with van der Waals surface area (Å²) >= 11 is 6.21. The van der Waals surface area contributed by atoms with Crippen LogP contribution < -0.4 is 5.32 Å². The van der Waals surface area contributed by atoms with Gasteiger partial charge in [0.2, 0.25) is 5.28 Å². The monoisotopic (exact) mass is 723 g/mol. The summed E-state index contributed by atoms with van der Waals surface area (Å²) in [7, 11) is -6.58. The summed E-state index contributed by atoms with van der Waals surface area (Å²) in [6.45, 7) is 10.2. The predicted octanol–water partition coefficient (Wildman–Crippen LogP) is 8.45. The smallest absolute Gasteiger partial charge is 0.371 e. The van der Waals surface area contributed by atoms with Crippen molar-refractivity contribution in [3.8, 4) is 0 Å². The third kappa shape index (κ3) is 12.0. The van der Waals surface area contributed by atoms with Gasteiger partial charge >= 0.3 is 15.6 Å². The number of hydrogen-bond donors (Lipinski definition) is 1. The predicted molar refractivity (Wildman–Crippen MR) is 185 cm³/mol. The molecule has 2 aromatic carbocycles. The zero-order valence-corrected chi connectivity index (χ0v) is 30.8. The molecule has 0 aliphatic heterocycles. The molecule has 0 aliphatic carbocycles. The number of anilines is 1. The Hall–Kier alpha value is -2.70. The summed E-state index contributed by atoms with van der Waals surface area (Å²) in [5.74, 6) is -0.175. The first-order chi connectivity index (χ1) is 22.6. The van der Waals surface area contributed by atoms with Crippen molar-refractivity contribution >= 4 is 44.2 Å². The van der Waals surface area contributed by atoms with E-state index in [1.807, 2.05) is 60.7 Å². The highest BCUT2D eigenvalue weighted by molar-refractivity contribution is 7.48. The van der Waals surface area contributed by atoms with Crippen LogP contribution in [0.5, 0.6) is 0 Å². The zero-order valence-electron chi connectivity index (χ0n) is 28.3. The van der Waals surface area contributed by atoms with Crippen molar-refractivity contribution in [3.63, 3.8) is 0 Å². The molecule has 2 heterocycles. The van der Waals surface area contributed by atoms with E-state index >= 15 is 0 Å². The Bertz CT molecular complexity index is 1650. The molecule has 48 heavy (non-hydrogen) atoms. The van der Waals surface area contributed by atoms with E-state index in [9.17, 15) is 9.13 Å². The molecule has 1 atom stereocenters. The molecule has 0 bridgehead atoms. The highest BCUT2D eigenvalue weighted by Gasteiger charge is 2.38. The van der Waals surface area contributed by atoms with Gasteiger partial charge in [-0.05, 0) is 64.3 Å². The van der Waals surface area contributed by atoms with Crippen molar-refractivity contribution in [2.75, 3.05) is 25.6 Å². The molecular formula is C32H44ClN5O8P2. The number of hydrogen-bond acceptors (Lipinski definition) is 12. The van der Waals surface area contributed by atoms with Crippen molar-refractivity contribution in [1.29, 1.82) is 0 Å². The van der Waals surface area contributed by atoms with Gasteiger partial charge in [0.1, 0.15) is 0 Å². The minimum Gasteiger partial charge on any atom is -0.371 e. The Morgan fingerprint density at radius 3 is 1.75 bits per heavy atom. The molecule has 1 unspecified atom stereocenters. The van der Waals surface area contributed by atoms with Crippen LogP contribution in [0.1, 0.15) is 52.7 Å². The van der Waals surface area contributed by atoms with E-state index in [2.05, 4.69) is 20.3 Å². The number of rotatable bonds is 17. The van der Waals surface area contributed by atoms with Gasteiger partial charge in [0, 0.05) is 19.5 Å². The van der Waals surface area contributed by atoms with Crippen LogP contribution in [-0.2, 0) is 56.0 Å². The van der Waals surface area contributed by atoms with Crippen molar-refractivity contribution in [2.45, 2.75) is 72.5 Å². The van der Waals surface area contributed by atoms with Gasteiger partial charge in [-0.25, -0.2) is 14.1 Å². The second-order valence-electron chi connectivity index (χ2n) is 12.9. The number of halogens is 1. The normalized spacial score (nSPS) is 13.6. The molecule has 0 radical (unpaired) electrons. The van der Waals surface area contributed by atoms with Crippen LogP contribution in [-0.4, -0.2) is 51.0 Å². The molecule has 0 fully saturated rings. The van der Waals surface area contributed by atoms with Crippen molar-refractivity contribution in [1.82, 2.24) is 19.5 Å². The lowest BCUT2D eigenvalue weighted by molar-refractivity contribution is -0.00519. The van der Waals surface area contributed by atoms with Crippen LogP contribution in [0.4, 0.5) is 5.82 Å². The quantitative estimate of drug-likeness (QED) is 0.0824. The molecule has 0 aliphatic rings. The van der Waals surface area contributed by atoms with Gasteiger partial charge in [0.05, 0.1) is 44.0 Å². The number of phosphoric ester groups is 2. The van der Waals surface area contributed by atoms with E-state index in [-0.39, 0.29) is 38.3 Å². The maximum absolute atomic E-state index is 14.1. The Balaban J connectivity index is 1.62. The topological polar surface area (TPSA) is 145 Å². The second-order valence-corrected chi connectivity index (χ2v) is 16.5. The summed E-state index contributed by atoms with van der Waals surface area (Å²) in [4.78, 5) is 13.0. The summed E-state index contributed by atoms with van der Waals surface area (Å²) in [6.07, 6.45) is 1.57. The van der Waals surface area contributed by atoms with E-state index in [0.717, 1.165) is 11.1 Å². The highest BCUT2D eigenvalue weighted by Crippen LogP contribution is 2.56. The fourth-order valence-electron chi connectivity index (χ4n) is 4.36. The van der Waals surface area contributed by atoms with E-state index in [4.69, 9.17) is 38.7 Å². The number of benzene rings is 2. The third-order valence-electron chi connectivity index (χ3n) is 6.30. The van der Waals surface area contributed by atoms with E-state index < -0.39 is 32.8 Å². The van der Waals surface area contributed by atoms with Crippen LogP contribution in [0.2, 0.25) is 5.28 Å². The molecule has 0 amide bonds. The summed E-state index contributed by atoms with van der Waals surface area (Å²) in [5, 5.41) is 2.99. The minimum atomic E-state index is -4.16. The van der Waals surface area contributed by atoms with Gasteiger partial charge in [-0.3, -0.25) is 27.1 Å². The van der Waals surface area contributed by atoms with E-state index in [1.54, 1.807) is 59.5 Å². The van der Waals surface area contributed by atoms with Crippen molar-refractivity contribution in [2.24, 2.45) is 5.92 Å². The first-order valence-electron chi connectivity index (χ1n) is 15.4. The molecule has 262 valence electrons. The first kappa shape index (κ1) is 38.1. The van der Waals surface area contributed by atoms with Crippen LogP contribution in [0.3, 0.4) is 0 Å². The average molecular weight is 724 g/mol. The SMILES string of the molecule is CNc1nc(Cl)nc2c1ncn2CC(COP(=O)(OCc1ccccc1)OCc1ccccc1)COP(=O)(OC(C)(C)C)OC(C)(C)C. The van der Waals surface area contributed by atoms with Crippen LogP contribution >= 0.6 is 27.2 Å². The number of fused-ring (bicyclic) bond motifs is 1. The second kappa shape index (κ2) is 16.3. The molecule has 4 aromatic rings. The molecule has 13 nitrogen and oxygen atoms in total. The minimum absolute atomic E-state index is 0.0174. The zero-order chi connectivity index (χ0) is 35.0. The van der Waals surface area contributed by atoms with E-state index in [0.29, 0.717) is 17.0 Å². The Morgan fingerprint density at radius 2 is 1.27 bits per heavy atom. The lowest BCUT2D eigenvalue weighted by Gasteiger charge is -2.32. The Labute approximate surface area is 286 Å². The van der Waals surface area contributed by atoms with Crippen molar-refractivity contribution in [3.05, 3.63) is 83.4 Å². The molecule has 0 spiro atoms. The van der Waals surface area contributed by atoms with E-state index in [1.165, 1.54) is 0 Å². The molecule has 1 N–H and O–H groups in total. The number of aromatic nitrogens is 4. The highest BCUT2D eigenvalue weighted by atomic mass is 35.5. The van der Waals surface area contributed by atoms with Gasteiger partial charge in [0.15, 0.2) is 17.0 Å². The number of phosphoric acid groups is 2. The lowest BCUT2D eigenvalue weighted by Crippen LogP contribution is -2.27. The summed E-state index contributed by atoms with van der Waals surface area (Å²) < 4.78 is 65.0. The number of nitrogens with zero attached hydrogens (tertiary/aromatic N) is 4. The molecular weight excluding hydrogens is 680 g/mol. The molecule has 0 saturated carbocycles. The van der Waals surface area contributed by atoms with Crippen LogP contribution in [0.15, 0.2) is 67.0 Å².